The molecule has 86 valence electrons. The first-order chi connectivity index (χ1) is 6.68. The monoisotopic (exact) mass is 236 g/mol. The lowest BCUT2D eigenvalue weighted by atomic mass is 10.5. The van der Waals surface area contributed by atoms with Crippen molar-refractivity contribution in [3.05, 3.63) is 0 Å². The van der Waals surface area contributed by atoms with E-state index in [2.05, 4.69) is 33.0 Å². The van der Waals surface area contributed by atoms with Crippen LogP contribution >= 0.6 is 12.6 Å². The zero-order valence-corrected chi connectivity index (χ0v) is 11.6. The Balaban J connectivity index is 3.89. The Hall–Kier alpha value is 0.487. The Bertz CT molecular complexity index is 112. The minimum atomic E-state index is -1.86. The normalized spacial score (nSPS) is 12.0. The fourth-order valence-electron chi connectivity index (χ4n) is 1.22. The summed E-state index contributed by atoms with van der Waals surface area (Å²) in [5.74, 6) is 0.924. The molecule has 0 saturated heterocycles. The molecule has 0 unspecified atom stereocenters. The molecule has 0 spiro atoms. The second kappa shape index (κ2) is 8.77. The third kappa shape index (κ3) is 6.87. The van der Waals surface area contributed by atoms with Crippen molar-refractivity contribution < 1.29 is 8.85 Å². The van der Waals surface area contributed by atoms with Crippen LogP contribution in [0.5, 0.6) is 0 Å². The van der Waals surface area contributed by atoms with Crippen LogP contribution in [0, 0.1) is 0 Å². The molecule has 0 N–H and O–H groups in total. The molecule has 0 fully saturated rings. The van der Waals surface area contributed by atoms with Crippen molar-refractivity contribution in [2.45, 2.75) is 45.7 Å². The van der Waals surface area contributed by atoms with Gasteiger partial charge in [-0.1, -0.05) is 13.8 Å². The molecule has 0 aliphatic carbocycles. The van der Waals surface area contributed by atoms with Crippen LogP contribution in [0.3, 0.4) is 0 Å². The van der Waals surface area contributed by atoms with E-state index >= 15 is 0 Å². The summed E-state index contributed by atoms with van der Waals surface area (Å²) in [4.78, 5) is 0. The summed E-state index contributed by atoms with van der Waals surface area (Å²) >= 11 is 4.23. The van der Waals surface area contributed by atoms with Gasteiger partial charge in [-0.05, 0) is 37.6 Å². The fourth-order valence-corrected chi connectivity index (χ4v) is 4.14. The molecule has 0 bridgehead atoms. The third-order valence-electron chi connectivity index (χ3n) is 2.01. The lowest BCUT2D eigenvalue weighted by molar-refractivity contribution is 0.173. The number of rotatable bonds is 9. The Labute approximate surface area is 95.0 Å². The van der Waals surface area contributed by atoms with E-state index in [0.717, 1.165) is 44.3 Å². The van der Waals surface area contributed by atoms with Gasteiger partial charge in [0.15, 0.2) is 0 Å². The maximum absolute atomic E-state index is 5.87. The molecule has 0 atom stereocenters. The molecule has 0 saturated carbocycles. The molecule has 0 aromatic heterocycles. The highest BCUT2D eigenvalue weighted by Gasteiger charge is 2.30. The molecular weight excluding hydrogens is 212 g/mol. The van der Waals surface area contributed by atoms with Gasteiger partial charge in [-0.3, -0.25) is 0 Å². The first kappa shape index (κ1) is 14.5. The van der Waals surface area contributed by atoms with Gasteiger partial charge in [-0.25, -0.2) is 0 Å². The molecule has 14 heavy (non-hydrogen) atoms. The van der Waals surface area contributed by atoms with Crippen molar-refractivity contribution in [2.75, 3.05) is 19.0 Å². The zero-order chi connectivity index (χ0) is 10.9. The Kier molecular flexibility index (Phi) is 9.07. The van der Waals surface area contributed by atoms with Gasteiger partial charge in [-0.15, -0.1) is 0 Å². The van der Waals surface area contributed by atoms with Crippen molar-refractivity contribution >= 4 is 21.2 Å². The minimum Gasteiger partial charge on any atom is -0.394 e. The molecule has 0 aromatic rings. The maximum Gasteiger partial charge on any atom is 0.334 e. The minimum absolute atomic E-state index is 0.832. The second-order valence-electron chi connectivity index (χ2n) is 3.66. The molecule has 0 aromatic carbocycles. The van der Waals surface area contributed by atoms with Gasteiger partial charge in [0.25, 0.3) is 0 Å². The molecule has 0 radical (unpaired) electrons. The van der Waals surface area contributed by atoms with Crippen LogP contribution in [-0.4, -0.2) is 27.5 Å². The maximum atomic E-state index is 5.87. The van der Waals surface area contributed by atoms with Crippen LogP contribution in [0.2, 0.25) is 12.6 Å². The largest absolute Gasteiger partial charge is 0.394 e. The summed E-state index contributed by atoms with van der Waals surface area (Å²) in [6.45, 7) is 8.10. The van der Waals surface area contributed by atoms with Crippen LogP contribution < -0.4 is 0 Å². The lowest BCUT2D eigenvalue weighted by Gasteiger charge is -2.26. The zero-order valence-electron chi connectivity index (χ0n) is 9.71. The van der Waals surface area contributed by atoms with Gasteiger partial charge < -0.3 is 8.85 Å². The molecular formula is C10H24O2SSi. The van der Waals surface area contributed by atoms with Crippen LogP contribution in [0.25, 0.3) is 0 Å². The smallest absolute Gasteiger partial charge is 0.334 e. The molecule has 4 heteroatoms. The lowest BCUT2D eigenvalue weighted by Crippen LogP contribution is -2.39. The Morgan fingerprint density at radius 1 is 1.07 bits per heavy atom. The van der Waals surface area contributed by atoms with E-state index in [1.807, 2.05) is 0 Å². The first-order valence-electron chi connectivity index (χ1n) is 5.57. The standard InChI is InChI=1S/C10H24O2SSi/c1-4-7-11-14(3,10-6-9-13)12-8-5-2/h13H,4-10H2,1-3H3. The highest BCUT2D eigenvalue weighted by atomic mass is 32.1. The molecule has 0 aliphatic heterocycles. The van der Waals surface area contributed by atoms with Crippen molar-refractivity contribution in [2.24, 2.45) is 0 Å². The van der Waals surface area contributed by atoms with Gasteiger partial charge in [0, 0.05) is 13.2 Å². The van der Waals surface area contributed by atoms with Gasteiger partial charge in [0.1, 0.15) is 0 Å². The van der Waals surface area contributed by atoms with Crippen LogP contribution in [0.4, 0.5) is 0 Å². The summed E-state index contributed by atoms with van der Waals surface area (Å²) < 4.78 is 11.7. The van der Waals surface area contributed by atoms with E-state index in [0.29, 0.717) is 0 Å². The van der Waals surface area contributed by atoms with E-state index < -0.39 is 8.56 Å². The third-order valence-corrected chi connectivity index (χ3v) is 5.22. The topological polar surface area (TPSA) is 18.5 Å². The predicted octanol–water partition coefficient (Wildman–Crippen LogP) is 3.23. The predicted molar refractivity (Wildman–Crippen MR) is 67.4 cm³/mol. The van der Waals surface area contributed by atoms with E-state index in [9.17, 15) is 0 Å². The Morgan fingerprint density at radius 3 is 1.93 bits per heavy atom. The van der Waals surface area contributed by atoms with Crippen molar-refractivity contribution in [3.63, 3.8) is 0 Å². The summed E-state index contributed by atoms with van der Waals surface area (Å²) in [5, 5.41) is 0. The average Bonchev–Trinajstić information content (AvgIpc) is 2.21. The van der Waals surface area contributed by atoms with Crippen molar-refractivity contribution in [3.8, 4) is 0 Å². The van der Waals surface area contributed by atoms with Gasteiger partial charge >= 0.3 is 8.56 Å². The summed E-state index contributed by atoms with van der Waals surface area (Å²) in [6, 6.07) is 1.07. The fraction of sp³-hybridized carbons (Fsp3) is 1.00. The molecule has 0 heterocycles. The number of hydrogen-bond acceptors (Lipinski definition) is 3. The second-order valence-corrected chi connectivity index (χ2v) is 7.45. The molecule has 0 amide bonds. The van der Waals surface area contributed by atoms with Crippen molar-refractivity contribution in [1.82, 2.24) is 0 Å². The molecule has 0 aliphatic rings. The van der Waals surface area contributed by atoms with E-state index in [1.54, 1.807) is 0 Å². The van der Waals surface area contributed by atoms with Crippen LogP contribution in [0.1, 0.15) is 33.1 Å². The summed E-state index contributed by atoms with van der Waals surface area (Å²) in [6.07, 6.45) is 3.23. The highest BCUT2D eigenvalue weighted by molar-refractivity contribution is 7.80. The SMILES string of the molecule is CCCO[Si](C)(CCCS)OCCC. The first-order valence-corrected chi connectivity index (χ1v) is 8.73. The van der Waals surface area contributed by atoms with Crippen molar-refractivity contribution in [1.29, 1.82) is 0 Å². The van der Waals surface area contributed by atoms with Gasteiger partial charge in [0.2, 0.25) is 0 Å². The Morgan fingerprint density at radius 2 is 1.57 bits per heavy atom. The van der Waals surface area contributed by atoms with Gasteiger partial charge in [-0.2, -0.15) is 12.6 Å². The summed E-state index contributed by atoms with van der Waals surface area (Å²) in [7, 11) is -1.86. The van der Waals surface area contributed by atoms with Crippen LogP contribution in [0.15, 0.2) is 0 Å². The van der Waals surface area contributed by atoms with E-state index in [-0.39, 0.29) is 0 Å². The summed E-state index contributed by atoms with van der Waals surface area (Å²) in [5.41, 5.74) is 0. The average molecular weight is 236 g/mol. The molecule has 2 nitrogen and oxygen atoms in total. The van der Waals surface area contributed by atoms with E-state index in [4.69, 9.17) is 8.85 Å². The number of thiol groups is 1. The van der Waals surface area contributed by atoms with Gasteiger partial charge in [0.05, 0.1) is 0 Å². The quantitative estimate of drug-likeness (QED) is 0.489. The molecule has 0 rings (SSSR count). The van der Waals surface area contributed by atoms with Crippen LogP contribution in [-0.2, 0) is 8.85 Å². The number of hydrogen-bond donors (Lipinski definition) is 1. The van der Waals surface area contributed by atoms with E-state index in [1.165, 1.54) is 0 Å². The highest BCUT2D eigenvalue weighted by Crippen LogP contribution is 2.17.